The van der Waals surface area contributed by atoms with E-state index in [0.29, 0.717) is 13.0 Å². The molecule has 3 N–H and O–H groups in total. The summed E-state index contributed by atoms with van der Waals surface area (Å²) in [5, 5.41) is 2.80. The molecule has 0 spiro atoms. The van der Waals surface area contributed by atoms with Gasteiger partial charge in [0, 0.05) is 17.1 Å². The lowest BCUT2D eigenvalue weighted by atomic mass is 10.0. The molecule has 112 valence electrons. The van der Waals surface area contributed by atoms with Crippen LogP contribution in [0.15, 0.2) is 22.7 Å². The fraction of sp³-hybridized carbons (Fsp3) is 0.533. The molecule has 1 aromatic carbocycles. The quantitative estimate of drug-likeness (QED) is 0.883. The Hall–Kier alpha value is -1.07. The van der Waals surface area contributed by atoms with Gasteiger partial charge in [0.1, 0.15) is 5.60 Å². The summed E-state index contributed by atoms with van der Waals surface area (Å²) in [7, 11) is 0. The van der Waals surface area contributed by atoms with Crippen molar-refractivity contribution in [3.05, 3.63) is 33.8 Å². The van der Waals surface area contributed by atoms with Crippen LogP contribution >= 0.6 is 15.9 Å². The first-order valence-electron chi connectivity index (χ1n) is 6.66. The Bertz CT molecular complexity index is 469. The maximum atomic E-state index is 11.7. The molecule has 0 aliphatic heterocycles. The van der Waals surface area contributed by atoms with Crippen molar-refractivity contribution >= 4 is 22.0 Å². The lowest BCUT2D eigenvalue weighted by molar-refractivity contribution is 0.0506. The molecule has 1 unspecified atom stereocenters. The third kappa shape index (κ3) is 5.92. The molecule has 1 rings (SSSR count). The predicted octanol–water partition coefficient (Wildman–Crippen LogP) is 3.15. The van der Waals surface area contributed by atoms with Gasteiger partial charge in [-0.05, 0) is 51.3 Å². The number of nitrogens with one attached hydrogen (secondary N) is 1. The third-order valence-corrected chi connectivity index (χ3v) is 3.58. The fourth-order valence-corrected chi connectivity index (χ4v) is 2.14. The first kappa shape index (κ1) is 17.0. The van der Waals surface area contributed by atoms with Gasteiger partial charge in [0.25, 0.3) is 0 Å². The average molecular weight is 343 g/mol. The monoisotopic (exact) mass is 342 g/mol. The average Bonchev–Trinajstić information content (AvgIpc) is 2.30. The molecule has 0 saturated heterocycles. The Balaban J connectivity index is 2.63. The maximum absolute atomic E-state index is 11.7. The number of aryl methyl sites for hydroxylation is 1. The zero-order valence-corrected chi connectivity index (χ0v) is 14.1. The minimum absolute atomic E-state index is 0.139. The molecular weight excluding hydrogens is 320 g/mol. The minimum Gasteiger partial charge on any atom is -0.444 e. The van der Waals surface area contributed by atoms with E-state index in [-0.39, 0.29) is 6.04 Å². The lowest BCUT2D eigenvalue weighted by Gasteiger charge is -2.23. The molecule has 0 aliphatic carbocycles. The minimum atomic E-state index is -0.504. The second-order valence-corrected chi connectivity index (χ2v) is 6.72. The number of hydrogen-bond donors (Lipinski definition) is 2. The van der Waals surface area contributed by atoms with Crippen LogP contribution in [-0.2, 0) is 11.2 Å². The van der Waals surface area contributed by atoms with Gasteiger partial charge in [-0.1, -0.05) is 28.1 Å². The highest BCUT2D eigenvalue weighted by Gasteiger charge is 2.19. The van der Waals surface area contributed by atoms with E-state index in [1.54, 1.807) is 0 Å². The zero-order valence-electron chi connectivity index (χ0n) is 12.5. The van der Waals surface area contributed by atoms with E-state index in [4.69, 9.17) is 10.5 Å². The van der Waals surface area contributed by atoms with Crippen molar-refractivity contribution in [2.24, 2.45) is 5.73 Å². The van der Waals surface area contributed by atoms with Crippen LogP contribution in [0.4, 0.5) is 4.79 Å². The molecule has 5 heteroatoms. The predicted molar refractivity (Wildman–Crippen MR) is 84.8 cm³/mol. The van der Waals surface area contributed by atoms with Crippen molar-refractivity contribution in [1.29, 1.82) is 0 Å². The van der Waals surface area contributed by atoms with Gasteiger partial charge in [-0.15, -0.1) is 0 Å². The highest BCUT2D eigenvalue weighted by atomic mass is 79.9. The summed E-state index contributed by atoms with van der Waals surface area (Å²) in [6.45, 7) is 7.90. The molecule has 0 heterocycles. The maximum Gasteiger partial charge on any atom is 0.407 e. The number of carbonyl (C=O) groups is 1. The molecule has 4 nitrogen and oxygen atoms in total. The van der Waals surface area contributed by atoms with Crippen molar-refractivity contribution in [2.75, 3.05) is 6.54 Å². The molecular formula is C15H23BrN2O2. The number of halogens is 1. The van der Waals surface area contributed by atoms with Crippen LogP contribution < -0.4 is 11.1 Å². The first-order valence-corrected chi connectivity index (χ1v) is 7.45. The van der Waals surface area contributed by atoms with Crippen molar-refractivity contribution in [3.63, 3.8) is 0 Å². The van der Waals surface area contributed by atoms with Gasteiger partial charge < -0.3 is 15.8 Å². The number of rotatable bonds is 4. The zero-order chi connectivity index (χ0) is 15.3. The van der Waals surface area contributed by atoms with Crippen molar-refractivity contribution in [1.82, 2.24) is 5.32 Å². The number of nitrogens with two attached hydrogens (primary N) is 1. The number of amides is 1. The van der Waals surface area contributed by atoms with Gasteiger partial charge in [0.2, 0.25) is 0 Å². The Morgan fingerprint density at radius 2 is 2.10 bits per heavy atom. The first-order chi connectivity index (χ1) is 9.21. The number of carbonyl (C=O) groups excluding carboxylic acids is 1. The summed E-state index contributed by atoms with van der Waals surface area (Å²) >= 11 is 3.51. The van der Waals surface area contributed by atoms with Gasteiger partial charge in [0.05, 0.1) is 0 Å². The number of hydrogen-bond acceptors (Lipinski definition) is 3. The van der Waals surface area contributed by atoms with Crippen molar-refractivity contribution in [3.8, 4) is 0 Å². The highest BCUT2D eigenvalue weighted by Crippen LogP contribution is 2.18. The molecule has 0 fully saturated rings. The molecule has 0 bridgehead atoms. The molecule has 1 amide bonds. The fourth-order valence-electron chi connectivity index (χ4n) is 1.72. The van der Waals surface area contributed by atoms with Gasteiger partial charge in [-0.2, -0.15) is 0 Å². The van der Waals surface area contributed by atoms with Crippen LogP contribution in [0.5, 0.6) is 0 Å². The second kappa shape index (κ2) is 7.09. The van der Waals surface area contributed by atoms with Gasteiger partial charge in [0.15, 0.2) is 0 Å². The Kier molecular flexibility index (Phi) is 6.02. The molecule has 0 aromatic heterocycles. The summed E-state index contributed by atoms with van der Waals surface area (Å²) in [4.78, 5) is 11.7. The van der Waals surface area contributed by atoms with E-state index in [9.17, 15) is 4.79 Å². The number of ether oxygens (including phenoxy) is 1. The number of alkyl carbamates (subject to hydrolysis) is 1. The SMILES string of the molecule is Cc1ccc(CC(CN)NC(=O)OC(C)(C)C)cc1Br. The standard InChI is InChI=1S/C15H23BrN2O2/c1-10-5-6-11(8-13(10)16)7-12(9-17)18-14(19)20-15(2,3)4/h5-6,8,12H,7,9,17H2,1-4H3,(H,18,19). The Labute approximate surface area is 129 Å². The smallest absolute Gasteiger partial charge is 0.407 e. The van der Waals surface area contributed by atoms with Crippen LogP contribution in [0.1, 0.15) is 31.9 Å². The molecule has 0 aliphatic rings. The van der Waals surface area contributed by atoms with E-state index in [2.05, 4.69) is 27.3 Å². The van der Waals surface area contributed by atoms with Crippen molar-refractivity contribution < 1.29 is 9.53 Å². The van der Waals surface area contributed by atoms with Crippen LogP contribution in [0, 0.1) is 6.92 Å². The van der Waals surface area contributed by atoms with Crippen LogP contribution in [-0.4, -0.2) is 24.3 Å². The topological polar surface area (TPSA) is 64.3 Å². The summed E-state index contributed by atoms with van der Waals surface area (Å²) in [5.74, 6) is 0. The van der Waals surface area contributed by atoms with Crippen LogP contribution in [0.3, 0.4) is 0 Å². The lowest BCUT2D eigenvalue weighted by Crippen LogP contribution is -2.44. The summed E-state index contributed by atoms with van der Waals surface area (Å²) in [5.41, 5.74) is 7.51. The summed E-state index contributed by atoms with van der Waals surface area (Å²) < 4.78 is 6.29. The number of benzene rings is 1. The van der Waals surface area contributed by atoms with Crippen LogP contribution in [0.2, 0.25) is 0 Å². The van der Waals surface area contributed by atoms with Gasteiger partial charge in [-0.25, -0.2) is 4.79 Å². The summed E-state index contributed by atoms with van der Waals surface area (Å²) in [6.07, 6.45) is 0.244. The molecule has 0 radical (unpaired) electrons. The van der Waals surface area contributed by atoms with E-state index < -0.39 is 11.7 Å². The largest absolute Gasteiger partial charge is 0.444 e. The highest BCUT2D eigenvalue weighted by molar-refractivity contribution is 9.10. The normalized spacial score (nSPS) is 12.9. The van der Waals surface area contributed by atoms with E-state index in [1.165, 1.54) is 5.56 Å². The van der Waals surface area contributed by atoms with E-state index in [0.717, 1.165) is 10.0 Å². The molecule has 20 heavy (non-hydrogen) atoms. The molecule has 1 aromatic rings. The third-order valence-electron chi connectivity index (χ3n) is 2.72. The van der Waals surface area contributed by atoms with E-state index >= 15 is 0 Å². The molecule has 1 atom stereocenters. The van der Waals surface area contributed by atoms with Gasteiger partial charge in [-0.3, -0.25) is 0 Å². The molecule has 0 saturated carbocycles. The second-order valence-electron chi connectivity index (χ2n) is 5.87. The Morgan fingerprint density at radius 1 is 1.45 bits per heavy atom. The van der Waals surface area contributed by atoms with Gasteiger partial charge >= 0.3 is 6.09 Å². The van der Waals surface area contributed by atoms with Crippen LogP contribution in [0.25, 0.3) is 0 Å². The van der Waals surface area contributed by atoms with E-state index in [1.807, 2.05) is 39.8 Å². The van der Waals surface area contributed by atoms with Crippen molar-refractivity contribution in [2.45, 2.75) is 45.8 Å². The summed E-state index contributed by atoms with van der Waals surface area (Å²) in [6, 6.07) is 5.99. The Morgan fingerprint density at radius 3 is 2.60 bits per heavy atom.